The molecule has 1 aromatic heterocycles. The number of amides is 3. The zero-order chi connectivity index (χ0) is 24.1. The maximum atomic E-state index is 14.1. The van der Waals surface area contributed by atoms with Crippen LogP contribution in [0.2, 0.25) is 0 Å². The first kappa shape index (κ1) is 22.9. The van der Waals surface area contributed by atoms with E-state index in [1.807, 2.05) is 30.3 Å². The van der Waals surface area contributed by atoms with Crippen molar-refractivity contribution in [1.29, 1.82) is 0 Å². The van der Waals surface area contributed by atoms with Crippen molar-refractivity contribution in [3.8, 4) is 11.4 Å². The molecule has 0 aliphatic heterocycles. The minimum Gasteiger partial charge on any atom is -0.338 e. The van der Waals surface area contributed by atoms with Crippen LogP contribution in [0.15, 0.2) is 66.7 Å². The molecule has 0 saturated carbocycles. The summed E-state index contributed by atoms with van der Waals surface area (Å²) in [7, 11) is 1.69. The number of fused-ring (bicyclic) bond motifs is 1. The van der Waals surface area contributed by atoms with Crippen LogP contribution in [0.5, 0.6) is 0 Å². The number of benzene rings is 3. The molecule has 4 rings (SSSR count). The number of aromatic nitrogens is 2. The lowest BCUT2D eigenvalue weighted by Crippen LogP contribution is -2.38. The lowest BCUT2D eigenvalue weighted by atomic mass is 10.2. The molecule has 0 unspecified atom stereocenters. The molecule has 1 heterocycles. The van der Waals surface area contributed by atoms with E-state index < -0.39 is 11.6 Å². The molecule has 174 valence electrons. The fourth-order valence-corrected chi connectivity index (χ4v) is 3.46. The average Bonchev–Trinajstić information content (AvgIpc) is 3.24. The number of halogens is 2. The predicted molar refractivity (Wildman–Crippen MR) is 126 cm³/mol. The molecule has 34 heavy (non-hydrogen) atoms. The molecule has 3 amide bonds. The summed E-state index contributed by atoms with van der Waals surface area (Å²) >= 11 is 0. The third kappa shape index (κ3) is 5.55. The molecule has 0 saturated heterocycles. The van der Waals surface area contributed by atoms with Gasteiger partial charge in [-0.1, -0.05) is 30.3 Å². The molecule has 0 radical (unpaired) electrons. The van der Waals surface area contributed by atoms with Gasteiger partial charge in [-0.25, -0.2) is 18.6 Å². The SMILES string of the molecule is CN(Cc1ccccc1)C(=O)NCCC(=O)Nc1ccc2nc(-c3cc(F)ccc3F)[nH]c2c1. The van der Waals surface area contributed by atoms with Crippen molar-refractivity contribution in [3.63, 3.8) is 0 Å². The van der Waals surface area contributed by atoms with E-state index in [1.165, 1.54) is 0 Å². The molecule has 0 fully saturated rings. The number of aromatic amines is 1. The second-order valence-electron chi connectivity index (χ2n) is 7.81. The van der Waals surface area contributed by atoms with Crippen molar-refractivity contribution in [2.24, 2.45) is 0 Å². The lowest BCUT2D eigenvalue weighted by molar-refractivity contribution is -0.116. The minimum absolute atomic E-state index is 0.0229. The summed E-state index contributed by atoms with van der Waals surface area (Å²) < 4.78 is 27.6. The van der Waals surface area contributed by atoms with Crippen LogP contribution in [0.25, 0.3) is 22.4 Å². The fourth-order valence-electron chi connectivity index (χ4n) is 3.46. The Morgan fingerprint density at radius 2 is 1.82 bits per heavy atom. The molecule has 0 spiro atoms. The Morgan fingerprint density at radius 1 is 1.03 bits per heavy atom. The number of hydrogen-bond acceptors (Lipinski definition) is 3. The summed E-state index contributed by atoms with van der Waals surface area (Å²) in [4.78, 5) is 33.3. The number of imidazole rings is 1. The summed E-state index contributed by atoms with van der Waals surface area (Å²) in [5, 5.41) is 5.48. The van der Waals surface area contributed by atoms with Crippen molar-refractivity contribution < 1.29 is 18.4 Å². The number of H-pyrrole nitrogens is 1. The van der Waals surface area contributed by atoms with Gasteiger partial charge < -0.3 is 20.5 Å². The number of carbonyl (C=O) groups is 2. The maximum Gasteiger partial charge on any atom is 0.317 e. The van der Waals surface area contributed by atoms with Crippen LogP contribution in [0.4, 0.5) is 19.3 Å². The molecular formula is C25H23F2N5O2. The van der Waals surface area contributed by atoms with E-state index >= 15 is 0 Å². The Bertz CT molecular complexity index is 1320. The summed E-state index contributed by atoms with van der Waals surface area (Å²) in [6.45, 7) is 0.643. The molecule has 0 aliphatic rings. The zero-order valence-electron chi connectivity index (χ0n) is 18.4. The Balaban J connectivity index is 1.31. The first-order valence-electron chi connectivity index (χ1n) is 10.7. The number of rotatable bonds is 7. The number of hydrogen-bond donors (Lipinski definition) is 3. The van der Waals surface area contributed by atoms with Gasteiger partial charge >= 0.3 is 6.03 Å². The van der Waals surface area contributed by atoms with Gasteiger partial charge in [0.05, 0.1) is 16.6 Å². The molecule has 4 aromatic rings. The van der Waals surface area contributed by atoms with Gasteiger partial charge in [0.15, 0.2) is 0 Å². The fraction of sp³-hybridized carbons (Fsp3) is 0.160. The number of urea groups is 1. The minimum atomic E-state index is -0.592. The van der Waals surface area contributed by atoms with Crippen LogP contribution >= 0.6 is 0 Å². The smallest absolute Gasteiger partial charge is 0.317 e. The van der Waals surface area contributed by atoms with Crippen LogP contribution in [-0.2, 0) is 11.3 Å². The highest BCUT2D eigenvalue weighted by molar-refractivity contribution is 5.93. The number of anilines is 1. The van der Waals surface area contributed by atoms with Crippen LogP contribution < -0.4 is 10.6 Å². The molecule has 3 aromatic carbocycles. The van der Waals surface area contributed by atoms with Crippen LogP contribution in [0.1, 0.15) is 12.0 Å². The Kier molecular flexibility index (Phi) is 6.82. The summed E-state index contributed by atoms with van der Waals surface area (Å²) in [5.74, 6) is -1.24. The molecule has 0 atom stereocenters. The highest BCUT2D eigenvalue weighted by atomic mass is 19.1. The third-order valence-electron chi connectivity index (χ3n) is 5.19. The number of carbonyl (C=O) groups excluding carboxylic acids is 2. The largest absolute Gasteiger partial charge is 0.338 e. The van der Waals surface area contributed by atoms with Gasteiger partial charge in [-0.2, -0.15) is 0 Å². The third-order valence-corrected chi connectivity index (χ3v) is 5.19. The monoisotopic (exact) mass is 463 g/mol. The second kappa shape index (κ2) is 10.1. The van der Waals surface area contributed by atoms with Gasteiger partial charge in [0.1, 0.15) is 17.5 Å². The van der Waals surface area contributed by atoms with Gasteiger partial charge in [0.25, 0.3) is 0 Å². The first-order chi connectivity index (χ1) is 16.4. The van der Waals surface area contributed by atoms with E-state index in [9.17, 15) is 18.4 Å². The maximum absolute atomic E-state index is 14.1. The van der Waals surface area contributed by atoms with Gasteiger partial charge in [0, 0.05) is 32.2 Å². The van der Waals surface area contributed by atoms with Crippen molar-refractivity contribution >= 4 is 28.7 Å². The summed E-state index contributed by atoms with van der Waals surface area (Å²) in [5.41, 5.74) is 2.66. The lowest BCUT2D eigenvalue weighted by Gasteiger charge is -2.18. The molecular weight excluding hydrogens is 440 g/mol. The van der Waals surface area contributed by atoms with Gasteiger partial charge in [-0.15, -0.1) is 0 Å². The molecule has 3 N–H and O–H groups in total. The van der Waals surface area contributed by atoms with E-state index in [4.69, 9.17) is 0 Å². The summed E-state index contributed by atoms with van der Waals surface area (Å²) in [6.07, 6.45) is 0.0890. The standard InChI is InChI=1S/C25H23F2N5O2/c1-32(15-16-5-3-2-4-6-16)25(34)28-12-11-23(33)29-18-8-10-21-22(14-18)31-24(30-21)19-13-17(26)7-9-20(19)27/h2-10,13-14H,11-12,15H2,1H3,(H,28,34)(H,29,33)(H,30,31). The van der Waals surface area contributed by atoms with Crippen LogP contribution in [0.3, 0.4) is 0 Å². The van der Waals surface area contributed by atoms with Gasteiger partial charge in [-0.3, -0.25) is 4.79 Å². The van der Waals surface area contributed by atoms with Crippen molar-refractivity contribution in [2.45, 2.75) is 13.0 Å². The van der Waals surface area contributed by atoms with Gasteiger partial charge in [-0.05, 0) is 42.0 Å². The molecule has 0 aliphatic carbocycles. The van der Waals surface area contributed by atoms with E-state index in [0.717, 1.165) is 23.8 Å². The van der Waals surface area contributed by atoms with Crippen LogP contribution in [-0.4, -0.2) is 40.4 Å². The Hall–Kier alpha value is -4.27. The van der Waals surface area contributed by atoms with E-state index in [-0.39, 0.29) is 36.3 Å². The van der Waals surface area contributed by atoms with E-state index in [2.05, 4.69) is 20.6 Å². The normalized spacial score (nSPS) is 10.8. The van der Waals surface area contributed by atoms with E-state index in [1.54, 1.807) is 30.1 Å². The molecule has 9 heteroatoms. The molecule has 0 bridgehead atoms. The molecule has 7 nitrogen and oxygen atoms in total. The Labute approximate surface area is 194 Å². The first-order valence-corrected chi connectivity index (χ1v) is 10.7. The van der Waals surface area contributed by atoms with Crippen molar-refractivity contribution in [3.05, 3.63) is 83.9 Å². The predicted octanol–water partition coefficient (Wildman–Crippen LogP) is 4.68. The van der Waals surface area contributed by atoms with Crippen LogP contribution in [0, 0.1) is 11.6 Å². The highest BCUT2D eigenvalue weighted by Gasteiger charge is 2.13. The van der Waals surface area contributed by atoms with Crippen molar-refractivity contribution in [2.75, 3.05) is 18.9 Å². The topological polar surface area (TPSA) is 90.1 Å². The second-order valence-corrected chi connectivity index (χ2v) is 7.81. The average molecular weight is 463 g/mol. The Morgan fingerprint density at radius 3 is 2.62 bits per heavy atom. The summed E-state index contributed by atoms with van der Waals surface area (Å²) in [6, 6.07) is 17.5. The zero-order valence-corrected chi connectivity index (χ0v) is 18.4. The van der Waals surface area contributed by atoms with E-state index in [0.29, 0.717) is 23.3 Å². The number of nitrogens with zero attached hydrogens (tertiary/aromatic N) is 2. The quantitative estimate of drug-likeness (QED) is 0.372. The van der Waals surface area contributed by atoms with Gasteiger partial charge in [0.2, 0.25) is 5.91 Å². The highest BCUT2D eigenvalue weighted by Crippen LogP contribution is 2.25. The number of nitrogens with one attached hydrogen (secondary N) is 3. The van der Waals surface area contributed by atoms with Crippen molar-refractivity contribution in [1.82, 2.24) is 20.2 Å².